The van der Waals surface area contributed by atoms with E-state index in [1.54, 1.807) is 0 Å². The molecule has 9 heteroatoms. The maximum atomic E-state index is 12.3. The highest BCUT2D eigenvalue weighted by atomic mass is 32.2. The maximum absolute atomic E-state index is 12.3. The van der Waals surface area contributed by atoms with Crippen LogP contribution in [0.4, 0.5) is 5.00 Å². The van der Waals surface area contributed by atoms with Crippen molar-refractivity contribution in [3.8, 4) is 0 Å². The molecule has 1 aliphatic carbocycles. The highest BCUT2D eigenvalue weighted by Gasteiger charge is 2.29. The smallest absolute Gasteiger partial charge is 0.339 e. The summed E-state index contributed by atoms with van der Waals surface area (Å²) in [6, 6.07) is 1.37. The molecule has 0 aliphatic heterocycles. The van der Waals surface area contributed by atoms with Crippen LogP contribution in [0.15, 0.2) is 17.3 Å². The molecule has 0 saturated heterocycles. The summed E-state index contributed by atoms with van der Waals surface area (Å²) in [6.45, 7) is 0. The molecule has 0 fully saturated rings. The highest BCUT2D eigenvalue weighted by molar-refractivity contribution is 7.92. The fourth-order valence-corrected chi connectivity index (χ4v) is 5.22. The number of anilines is 1. The number of aryl methyl sites for hydroxylation is 2. The second-order valence-electron chi connectivity index (χ2n) is 4.77. The lowest BCUT2D eigenvalue weighted by Gasteiger charge is -2.08. The number of sulfonamides is 1. The molecular weight excluding hydrogens is 314 g/mol. The summed E-state index contributed by atoms with van der Waals surface area (Å²) in [7, 11) is -2.33. The van der Waals surface area contributed by atoms with Crippen LogP contribution in [0.25, 0.3) is 0 Å². The zero-order valence-corrected chi connectivity index (χ0v) is 12.8. The summed E-state index contributed by atoms with van der Waals surface area (Å²) in [5.41, 5.74) is 0.841. The van der Waals surface area contributed by atoms with E-state index < -0.39 is 16.0 Å². The number of carbonyl (C=O) groups is 1. The summed E-state index contributed by atoms with van der Waals surface area (Å²) in [5, 5.41) is 13.3. The van der Waals surface area contributed by atoms with Gasteiger partial charge in [-0.3, -0.25) is 9.40 Å². The molecule has 2 aromatic heterocycles. The molecule has 0 bridgehead atoms. The molecule has 112 valence electrons. The molecule has 3 rings (SSSR count). The molecule has 0 spiro atoms. The first kappa shape index (κ1) is 14.1. The molecule has 0 unspecified atom stereocenters. The van der Waals surface area contributed by atoms with Crippen LogP contribution >= 0.6 is 11.3 Å². The molecule has 0 amide bonds. The summed E-state index contributed by atoms with van der Waals surface area (Å²) in [6.07, 6.45) is 3.77. The number of carboxylic acid groups (broad SMARTS) is 1. The van der Waals surface area contributed by atoms with E-state index in [9.17, 15) is 18.3 Å². The molecule has 0 saturated carbocycles. The second-order valence-corrected chi connectivity index (χ2v) is 7.50. The second kappa shape index (κ2) is 4.85. The van der Waals surface area contributed by atoms with Crippen molar-refractivity contribution in [1.82, 2.24) is 9.78 Å². The number of thiophene rings is 1. The summed E-state index contributed by atoms with van der Waals surface area (Å²) in [5.74, 6) is -1.10. The van der Waals surface area contributed by atoms with E-state index in [2.05, 4.69) is 9.82 Å². The van der Waals surface area contributed by atoms with Gasteiger partial charge in [-0.15, -0.1) is 11.3 Å². The first-order valence-electron chi connectivity index (χ1n) is 6.29. The van der Waals surface area contributed by atoms with Crippen LogP contribution in [0.5, 0.6) is 0 Å². The van der Waals surface area contributed by atoms with E-state index in [0.29, 0.717) is 6.42 Å². The van der Waals surface area contributed by atoms with E-state index >= 15 is 0 Å². The summed E-state index contributed by atoms with van der Waals surface area (Å²) < 4.78 is 28.3. The van der Waals surface area contributed by atoms with Crippen molar-refractivity contribution >= 4 is 32.3 Å². The third kappa shape index (κ3) is 2.32. The van der Waals surface area contributed by atoms with E-state index in [-0.39, 0.29) is 15.6 Å². The number of hydrogen-bond donors (Lipinski definition) is 2. The van der Waals surface area contributed by atoms with Gasteiger partial charge in [-0.2, -0.15) is 13.5 Å². The normalized spacial score (nSPS) is 14.1. The Morgan fingerprint density at radius 1 is 1.48 bits per heavy atom. The van der Waals surface area contributed by atoms with Crippen molar-refractivity contribution in [2.24, 2.45) is 7.05 Å². The highest BCUT2D eigenvalue weighted by Crippen LogP contribution is 2.39. The van der Waals surface area contributed by atoms with Gasteiger partial charge < -0.3 is 5.11 Å². The number of aromatic carboxylic acids is 1. The van der Waals surface area contributed by atoms with E-state index in [1.807, 2.05) is 0 Å². The van der Waals surface area contributed by atoms with Crippen LogP contribution in [0, 0.1) is 0 Å². The van der Waals surface area contributed by atoms with Crippen LogP contribution in [0.3, 0.4) is 0 Å². The van der Waals surface area contributed by atoms with Crippen molar-refractivity contribution < 1.29 is 18.3 Å². The predicted octanol–water partition coefficient (Wildman–Crippen LogP) is 1.47. The lowest BCUT2D eigenvalue weighted by molar-refractivity contribution is 0.0697. The molecule has 2 heterocycles. The average Bonchev–Trinajstić information content (AvgIpc) is 3.02. The Balaban J connectivity index is 2.03. The van der Waals surface area contributed by atoms with Gasteiger partial charge in [0.25, 0.3) is 10.0 Å². The van der Waals surface area contributed by atoms with Gasteiger partial charge in [0.15, 0.2) is 5.03 Å². The van der Waals surface area contributed by atoms with Crippen molar-refractivity contribution in [1.29, 1.82) is 0 Å². The van der Waals surface area contributed by atoms with Gasteiger partial charge in [0.1, 0.15) is 5.00 Å². The zero-order chi connectivity index (χ0) is 15.2. The number of nitrogens with one attached hydrogen (secondary N) is 1. The third-order valence-corrected chi connectivity index (χ3v) is 6.17. The average molecular weight is 327 g/mol. The number of fused-ring (bicyclic) bond motifs is 1. The lowest BCUT2D eigenvalue weighted by atomic mass is 10.1. The van der Waals surface area contributed by atoms with Crippen LogP contribution in [0.1, 0.15) is 27.2 Å². The van der Waals surface area contributed by atoms with E-state index in [1.165, 1.54) is 35.3 Å². The van der Waals surface area contributed by atoms with Crippen molar-refractivity contribution in [3.63, 3.8) is 0 Å². The van der Waals surface area contributed by atoms with Gasteiger partial charge in [-0.25, -0.2) is 4.79 Å². The number of aromatic nitrogens is 2. The Hall–Kier alpha value is -1.87. The predicted molar refractivity (Wildman–Crippen MR) is 77.3 cm³/mol. The van der Waals surface area contributed by atoms with Gasteiger partial charge in [-0.05, 0) is 30.9 Å². The van der Waals surface area contributed by atoms with Crippen molar-refractivity contribution in [3.05, 3.63) is 28.3 Å². The fourth-order valence-electron chi connectivity index (χ4n) is 2.50. The van der Waals surface area contributed by atoms with Crippen LogP contribution in [-0.4, -0.2) is 29.3 Å². The van der Waals surface area contributed by atoms with Crippen LogP contribution in [-0.2, 0) is 29.9 Å². The fraction of sp³-hybridized carbons (Fsp3) is 0.333. The molecule has 7 nitrogen and oxygen atoms in total. The van der Waals surface area contributed by atoms with Crippen molar-refractivity contribution in [2.45, 2.75) is 24.3 Å². The largest absolute Gasteiger partial charge is 0.478 e. The SMILES string of the molecule is Cn1nccc1S(=O)(=O)Nc1sc2c(c1C(=O)O)CCC2. The number of nitrogens with zero attached hydrogens (tertiary/aromatic N) is 2. The number of carboxylic acids is 1. The molecule has 2 aromatic rings. The van der Waals surface area contributed by atoms with E-state index in [0.717, 1.165) is 23.3 Å². The Bertz CT molecular complexity index is 820. The molecule has 1 aliphatic rings. The van der Waals surface area contributed by atoms with Gasteiger partial charge in [0.05, 0.1) is 11.8 Å². The Labute approximate surface area is 125 Å². The van der Waals surface area contributed by atoms with Gasteiger partial charge >= 0.3 is 5.97 Å². The molecular formula is C12H13N3O4S2. The number of hydrogen-bond acceptors (Lipinski definition) is 5. The first-order chi connectivity index (χ1) is 9.90. The topological polar surface area (TPSA) is 101 Å². The Morgan fingerprint density at radius 2 is 2.24 bits per heavy atom. The summed E-state index contributed by atoms with van der Waals surface area (Å²) >= 11 is 1.21. The molecule has 2 N–H and O–H groups in total. The minimum atomic E-state index is -3.85. The van der Waals surface area contributed by atoms with Gasteiger partial charge in [-0.1, -0.05) is 0 Å². The van der Waals surface area contributed by atoms with Crippen molar-refractivity contribution in [2.75, 3.05) is 4.72 Å². The Morgan fingerprint density at radius 3 is 2.86 bits per heavy atom. The molecule has 0 radical (unpaired) electrons. The monoisotopic (exact) mass is 327 g/mol. The zero-order valence-electron chi connectivity index (χ0n) is 11.2. The first-order valence-corrected chi connectivity index (χ1v) is 8.59. The van der Waals surface area contributed by atoms with E-state index in [4.69, 9.17) is 0 Å². The maximum Gasteiger partial charge on any atom is 0.339 e. The summed E-state index contributed by atoms with van der Waals surface area (Å²) in [4.78, 5) is 12.4. The van der Waals surface area contributed by atoms with Crippen LogP contribution < -0.4 is 4.72 Å². The lowest BCUT2D eigenvalue weighted by Crippen LogP contribution is -2.17. The minimum absolute atomic E-state index is 0.00704. The van der Waals surface area contributed by atoms with Gasteiger partial charge in [0, 0.05) is 11.9 Å². The number of rotatable bonds is 4. The minimum Gasteiger partial charge on any atom is -0.478 e. The standard InChI is InChI=1S/C12H13N3O4S2/c1-15-9(5-6-13-15)21(18,19)14-11-10(12(16)17)7-3-2-4-8(7)20-11/h5-6,14H,2-4H2,1H3,(H,16,17). The third-order valence-electron chi connectivity index (χ3n) is 3.41. The Kier molecular flexibility index (Phi) is 3.25. The quantitative estimate of drug-likeness (QED) is 0.885. The molecule has 0 atom stereocenters. The van der Waals surface area contributed by atoms with Gasteiger partial charge in [0.2, 0.25) is 0 Å². The molecule has 21 heavy (non-hydrogen) atoms. The van der Waals surface area contributed by atoms with Crippen LogP contribution in [0.2, 0.25) is 0 Å². The molecule has 0 aromatic carbocycles.